The van der Waals surface area contributed by atoms with Gasteiger partial charge in [-0.2, -0.15) is 20.1 Å². The highest BCUT2D eigenvalue weighted by Crippen LogP contribution is 2.26. The summed E-state index contributed by atoms with van der Waals surface area (Å²) < 4.78 is 0.847. The van der Waals surface area contributed by atoms with Gasteiger partial charge in [0.25, 0.3) is 0 Å². The average Bonchev–Trinajstić information content (AvgIpc) is 2.93. The molecule has 0 radical (unpaired) electrons. The first kappa shape index (κ1) is 25.7. The zero-order valence-electron chi connectivity index (χ0n) is 21.2. The largest absolute Gasteiger partial charge is 0.507 e. The van der Waals surface area contributed by atoms with Gasteiger partial charge in [-0.15, -0.1) is 0 Å². The molecule has 194 valence electrons. The Balaban J connectivity index is 1.33. The topological polar surface area (TPSA) is 98.6 Å². The number of aromatic nitrogens is 3. The van der Waals surface area contributed by atoms with E-state index in [4.69, 9.17) is 4.98 Å². The van der Waals surface area contributed by atoms with Gasteiger partial charge in [-0.3, -0.25) is 0 Å². The fraction of sp³-hybridized carbons (Fsp3) is 0.241. The van der Waals surface area contributed by atoms with E-state index in [1.807, 2.05) is 24.3 Å². The van der Waals surface area contributed by atoms with Gasteiger partial charge in [-0.05, 0) is 68.0 Å². The quantitative estimate of drug-likeness (QED) is 0.168. The highest BCUT2D eigenvalue weighted by Gasteiger charge is 2.22. The second-order valence-corrected chi connectivity index (χ2v) is 10.4. The molecule has 4 aromatic rings. The van der Waals surface area contributed by atoms with Gasteiger partial charge >= 0.3 is 0 Å². The summed E-state index contributed by atoms with van der Waals surface area (Å²) in [5.41, 5.74) is 6.93. The second-order valence-electron chi connectivity index (χ2n) is 9.47. The van der Waals surface area contributed by atoms with Gasteiger partial charge in [-0.1, -0.05) is 64.0 Å². The van der Waals surface area contributed by atoms with Gasteiger partial charge in [0.05, 0.1) is 6.21 Å². The van der Waals surface area contributed by atoms with Crippen LogP contribution in [0.4, 0.5) is 23.5 Å². The average molecular weight is 573 g/mol. The van der Waals surface area contributed by atoms with Crippen LogP contribution in [0.3, 0.4) is 0 Å². The first-order valence-electron chi connectivity index (χ1n) is 12.7. The van der Waals surface area contributed by atoms with Crippen molar-refractivity contribution in [2.24, 2.45) is 11.0 Å². The normalized spacial score (nSPS) is 14.1. The molecule has 8 nitrogen and oxygen atoms in total. The van der Waals surface area contributed by atoms with Crippen LogP contribution in [-0.2, 0) is 6.42 Å². The Morgan fingerprint density at radius 1 is 0.974 bits per heavy atom. The standard InChI is InChI=1S/C29H30BrN7O/c1-20-7-10-25(11-8-20)32-27-33-28(36-31-19-23-18-24(30)9-12-26(23)38)35-29(34-27)37-15-13-22(14-16-37)17-21-5-3-2-4-6-21/h2-12,18-19,22,38H,13-17H2,1H3,(H2,32,33,34,35,36)/b31-19+. The third-order valence-electron chi connectivity index (χ3n) is 6.55. The Morgan fingerprint density at radius 3 is 2.47 bits per heavy atom. The van der Waals surface area contributed by atoms with Gasteiger partial charge in [0, 0.05) is 28.8 Å². The molecule has 1 aliphatic heterocycles. The maximum atomic E-state index is 10.1. The molecule has 0 unspecified atom stereocenters. The summed E-state index contributed by atoms with van der Waals surface area (Å²) in [6.45, 7) is 3.80. The van der Waals surface area contributed by atoms with Crippen molar-refractivity contribution >= 4 is 45.7 Å². The van der Waals surface area contributed by atoms with Crippen LogP contribution in [0.2, 0.25) is 0 Å². The Hall–Kier alpha value is -3.98. The van der Waals surface area contributed by atoms with Crippen molar-refractivity contribution in [2.75, 3.05) is 28.7 Å². The molecule has 0 saturated carbocycles. The first-order chi connectivity index (χ1) is 18.5. The Morgan fingerprint density at radius 2 is 1.71 bits per heavy atom. The maximum absolute atomic E-state index is 10.1. The number of hydrogen-bond acceptors (Lipinski definition) is 8. The van der Waals surface area contributed by atoms with E-state index in [0.717, 1.165) is 42.5 Å². The van der Waals surface area contributed by atoms with Crippen LogP contribution in [0.15, 0.2) is 82.4 Å². The minimum absolute atomic E-state index is 0.134. The monoisotopic (exact) mass is 571 g/mol. The molecular weight excluding hydrogens is 542 g/mol. The molecule has 9 heteroatoms. The molecule has 5 rings (SSSR count). The molecule has 1 saturated heterocycles. The molecule has 1 fully saturated rings. The van der Waals surface area contributed by atoms with Crippen molar-refractivity contribution < 1.29 is 5.11 Å². The molecule has 0 aliphatic carbocycles. The van der Waals surface area contributed by atoms with E-state index in [1.165, 1.54) is 17.3 Å². The summed E-state index contributed by atoms with van der Waals surface area (Å²) in [4.78, 5) is 16.1. The highest BCUT2D eigenvalue weighted by atomic mass is 79.9. The van der Waals surface area contributed by atoms with E-state index < -0.39 is 0 Å². The predicted molar refractivity (Wildman–Crippen MR) is 156 cm³/mol. The smallest absolute Gasteiger partial charge is 0.250 e. The van der Waals surface area contributed by atoms with E-state index in [2.05, 4.69) is 83.9 Å². The van der Waals surface area contributed by atoms with Crippen LogP contribution >= 0.6 is 15.9 Å². The molecule has 0 atom stereocenters. The van der Waals surface area contributed by atoms with E-state index >= 15 is 0 Å². The zero-order valence-corrected chi connectivity index (χ0v) is 22.8. The van der Waals surface area contributed by atoms with Crippen LogP contribution in [0.25, 0.3) is 0 Å². The third-order valence-corrected chi connectivity index (χ3v) is 7.05. The third kappa shape index (κ3) is 6.86. The minimum Gasteiger partial charge on any atom is -0.507 e. The SMILES string of the molecule is Cc1ccc(Nc2nc(N/N=C/c3cc(Br)ccc3O)nc(N3CCC(Cc4ccccc4)CC3)n2)cc1. The number of phenols is 1. The molecule has 2 heterocycles. The molecule has 3 N–H and O–H groups in total. The van der Waals surface area contributed by atoms with Gasteiger partial charge in [0.2, 0.25) is 17.8 Å². The van der Waals surface area contributed by atoms with Crippen molar-refractivity contribution in [3.8, 4) is 5.75 Å². The van der Waals surface area contributed by atoms with Gasteiger partial charge in [0.1, 0.15) is 5.75 Å². The lowest BCUT2D eigenvalue weighted by molar-refractivity contribution is 0.400. The molecule has 3 aromatic carbocycles. The van der Waals surface area contributed by atoms with Crippen LogP contribution in [0.1, 0.15) is 29.5 Å². The van der Waals surface area contributed by atoms with Crippen LogP contribution in [0, 0.1) is 12.8 Å². The predicted octanol–water partition coefficient (Wildman–Crippen LogP) is 6.30. The number of aryl methyl sites for hydroxylation is 1. The van der Waals surface area contributed by atoms with Crippen molar-refractivity contribution in [3.05, 3.63) is 94.0 Å². The van der Waals surface area contributed by atoms with E-state index in [-0.39, 0.29) is 5.75 Å². The summed E-state index contributed by atoms with van der Waals surface area (Å²) in [7, 11) is 0. The van der Waals surface area contributed by atoms with E-state index in [1.54, 1.807) is 18.2 Å². The van der Waals surface area contributed by atoms with Crippen LogP contribution < -0.4 is 15.6 Å². The number of nitrogens with zero attached hydrogens (tertiary/aromatic N) is 5. The number of anilines is 4. The fourth-order valence-corrected chi connectivity index (χ4v) is 4.83. The number of piperidine rings is 1. The van der Waals surface area contributed by atoms with E-state index in [9.17, 15) is 5.11 Å². The van der Waals surface area contributed by atoms with Gasteiger partial charge in [0.15, 0.2) is 0 Å². The summed E-state index contributed by atoms with van der Waals surface area (Å²) in [6.07, 6.45) is 4.77. The number of nitrogens with one attached hydrogen (secondary N) is 2. The summed E-state index contributed by atoms with van der Waals surface area (Å²) in [5.74, 6) is 2.14. The number of aromatic hydroxyl groups is 1. The lowest BCUT2D eigenvalue weighted by atomic mass is 9.90. The molecule has 0 amide bonds. The van der Waals surface area contributed by atoms with Gasteiger partial charge in [-0.25, -0.2) is 5.43 Å². The molecular formula is C29H30BrN7O. The van der Waals surface area contributed by atoms with E-state index in [0.29, 0.717) is 29.3 Å². The molecule has 0 bridgehead atoms. The maximum Gasteiger partial charge on any atom is 0.250 e. The number of benzene rings is 3. The second kappa shape index (κ2) is 12.0. The Kier molecular flexibility index (Phi) is 8.13. The zero-order chi connectivity index (χ0) is 26.3. The Labute approximate surface area is 231 Å². The number of rotatable bonds is 8. The summed E-state index contributed by atoms with van der Waals surface area (Å²) >= 11 is 3.41. The van der Waals surface area contributed by atoms with Crippen molar-refractivity contribution in [1.82, 2.24) is 15.0 Å². The minimum atomic E-state index is 0.134. The molecule has 38 heavy (non-hydrogen) atoms. The van der Waals surface area contributed by atoms with Crippen molar-refractivity contribution in [2.45, 2.75) is 26.2 Å². The lowest BCUT2D eigenvalue weighted by Crippen LogP contribution is -2.35. The molecule has 1 aromatic heterocycles. The lowest BCUT2D eigenvalue weighted by Gasteiger charge is -2.32. The van der Waals surface area contributed by atoms with Crippen molar-refractivity contribution in [3.63, 3.8) is 0 Å². The highest BCUT2D eigenvalue weighted by molar-refractivity contribution is 9.10. The molecule has 0 spiro atoms. The Bertz CT molecular complexity index is 1390. The number of hydrogen-bond donors (Lipinski definition) is 3. The summed E-state index contributed by atoms with van der Waals surface area (Å²) in [5, 5.41) is 17.6. The molecule has 1 aliphatic rings. The van der Waals surface area contributed by atoms with Crippen molar-refractivity contribution in [1.29, 1.82) is 0 Å². The number of halogens is 1. The summed E-state index contributed by atoms with van der Waals surface area (Å²) in [6, 6.07) is 23.9. The van der Waals surface area contributed by atoms with Crippen LogP contribution in [-0.4, -0.2) is 39.4 Å². The van der Waals surface area contributed by atoms with Crippen LogP contribution in [0.5, 0.6) is 5.75 Å². The fourth-order valence-electron chi connectivity index (χ4n) is 4.45. The number of phenolic OH excluding ortho intramolecular Hbond substituents is 1. The first-order valence-corrected chi connectivity index (χ1v) is 13.5. The number of hydrazone groups is 1. The van der Waals surface area contributed by atoms with Gasteiger partial charge < -0.3 is 15.3 Å².